The average molecular weight is 306 g/mol. The molecular formula is C14H14N2O4S. The zero-order chi connectivity index (χ0) is 15.4. The Morgan fingerprint density at radius 1 is 1.33 bits per heavy atom. The molecule has 7 heteroatoms. The Morgan fingerprint density at radius 2 is 2.10 bits per heavy atom. The van der Waals surface area contributed by atoms with Gasteiger partial charge < -0.3 is 10.4 Å². The average Bonchev–Trinajstić information content (AvgIpc) is 2.83. The summed E-state index contributed by atoms with van der Waals surface area (Å²) < 4.78 is 0. The fourth-order valence-corrected chi connectivity index (χ4v) is 2.89. The summed E-state index contributed by atoms with van der Waals surface area (Å²) in [6, 6.07) is 8.30. The first-order valence-corrected chi connectivity index (χ1v) is 7.06. The van der Waals surface area contributed by atoms with Crippen molar-refractivity contribution in [3.63, 3.8) is 0 Å². The van der Waals surface area contributed by atoms with Gasteiger partial charge in [-0.3, -0.25) is 10.1 Å². The van der Waals surface area contributed by atoms with E-state index in [2.05, 4.69) is 5.32 Å². The van der Waals surface area contributed by atoms with Crippen molar-refractivity contribution in [2.24, 2.45) is 0 Å². The van der Waals surface area contributed by atoms with Crippen LogP contribution in [0.2, 0.25) is 0 Å². The smallest absolute Gasteiger partial charge is 0.343 e. The van der Waals surface area contributed by atoms with Gasteiger partial charge in [0.15, 0.2) is 0 Å². The highest BCUT2D eigenvalue weighted by molar-refractivity contribution is 7.11. The zero-order valence-electron chi connectivity index (χ0n) is 11.3. The lowest BCUT2D eigenvalue weighted by molar-refractivity contribution is -0.385. The first-order valence-electron chi connectivity index (χ1n) is 6.24. The SMILES string of the molecule is Cc1ccc(CNCc2cccc([N+](=O)[O-])c2C(=O)O)s1. The number of aryl methyl sites for hydroxylation is 1. The molecule has 0 spiro atoms. The molecule has 2 rings (SSSR count). The molecule has 0 unspecified atom stereocenters. The molecule has 6 nitrogen and oxygen atoms in total. The van der Waals surface area contributed by atoms with Gasteiger partial charge in [0.1, 0.15) is 5.56 Å². The van der Waals surface area contributed by atoms with Crippen LogP contribution in [0.4, 0.5) is 5.69 Å². The lowest BCUT2D eigenvalue weighted by atomic mass is 10.1. The predicted octanol–water partition coefficient (Wildman–Crippen LogP) is 2.95. The number of carboxylic acid groups (broad SMARTS) is 1. The van der Waals surface area contributed by atoms with Crippen LogP contribution in [0.1, 0.15) is 25.7 Å². The lowest BCUT2D eigenvalue weighted by Crippen LogP contribution is -2.16. The Balaban J connectivity index is 2.14. The topological polar surface area (TPSA) is 92.5 Å². The van der Waals surface area contributed by atoms with Crippen LogP contribution < -0.4 is 5.32 Å². The number of carboxylic acids is 1. The normalized spacial score (nSPS) is 10.5. The summed E-state index contributed by atoms with van der Waals surface area (Å²) in [5.41, 5.74) is -0.226. The van der Waals surface area contributed by atoms with Gasteiger partial charge in [-0.1, -0.05) is 12.1 Å². The van der Waals surface area contributed by atoms with Gasteiger partial charge in [-0.2, -0.15) is 0 Å². The molecule has 0 saturated heterocycles. The molecule has 21 heavy (non-hydrogen) atoms. The second-order valence-corrected chi connectivity index (χ2v) is 5.86. The van der Waals surface area contributed by atoms with Gasteiger partial charge in [0.25, 0.3) is 5.69 Å². The first kappa shape index (κ1) is 15.1. The summed E-state index contributed by atoms with van der Waals surface area (Å²) in [4.78, 5) is 23.8. The van der Waals surface area contributed by atoms with Crippen LogP contribution >= 0.6 is 11.3 Å². The summed E-state index contributed by atoms with van der Waals surface area (Å²) in [6.07, 6.45) is 0. The molecule has 1 aromatic heterocycles. The van der Waals surface area contributed by atoms with Gasteiger partial charge in [0, 0.05) is 28.9 Å². The first-order chi connectivity index (χ1) is 9.99. The predicted molar refractivity (Wildman–Crippen MR) is 79.7 cm³/mol. The number of hydrogen-bond acceptors (Lipinski definition) is 5. The van der Waals surface area contributed by atoms with Gasteiger partial charge in [-0.25, -0.2) is 4.79 Å². The van der Waals surface area contributed by atoms with Crippen molar-refractivity contribution in [2.45, 2.75) is 20.0 Å². The van der Waals surface area contributed by atoms with E-state index >= 15 is 0 Å². The minimum absolute atomic E-state index is 0.252. The number of benzene rings is 1. The summed E-state index contributed by atoms with van der Waals surface area (Å²) in [7, 11) is 0. The van der Waals surface area contributed by atoms with E-state index in [0.717, 1.165) is 4.88 Å². The van der Waals surface area contributed by atoms with Crippen molar-refractivity contribution in [1.82, 2.24) is 5.32 Å². The molecule has 0 fully saturated rings. The Bertz CT molecular complexity index is 681. The van der Waals surface area contributed by atoms with Crippen molar-refractivity contribution in [3.05, 3.63) is 61.3 Å². The molecule has 2 aromatic rings. The van der Waals surface area contributed by atoms with E-state index in [1.54, 1.807) is 17.4 Å². The molecule has 0 atom stereocenters. The molecule has 0 amide bonds. The van der Waals surface area contributed by atoms with Gasteiger partial charge in [-0.05, 0) is 24.6 Å². The van der Waals surface area contributed by atoms with Crippen molar-refractivity contribution in [2.75, 3.05) is 0 Å². The van der Waals surface area contributed by atoms with Gasteiger partial charge >= 0.3 is 5.97 Å². The van der Waals surface area contributed by atoms with E-state index in [9.17, 15) is 20.0 Å². The van der Waals surface area contributed by atoms with Crippen molar-refractivity contribution in [3.8, 4) is 0 Å². The number of nitro groups is 1. The van der Waals surface area contributed by atoms with Crippen LogP contribution in [0.25, 0.3) is 0 Å². The molecule has 0 bridgehead atoms. The molecule has 2 N–H and O–H groups in total. The van der Waals surface area contributed by atoms with E-state index < -0.39 is 10.9 Å². The number of thiophene rings is 1. The fourth-order valence-electron chi connectivity index (χ4n) is 2.03. The van der Waals surface area contributed by atoms with Gasteiger partial charge in [-0.15, -0.1) is 11.3 Å². The van der Waals surface area contributed by atoms with Crippen LogP contribution in [-0.4, -0.2) is 16.0 Å². The maximum absolute atomic E-state index is 11.3. The molecule has 0 saturated carbocycles. The molecular weight excluding hydrogens is 292 g/mol. The third kappa shape index (κ3) is 3.65. The second kappa shape index (κ2) is 6.47. The van der Waals surface area contributed by atoms with E-state index in [1.807, 2.05) is 19.1 Å². The Kier molecular flexibility index (Phi) is 4.66. The van der Waals surface area contributed by atoms with Crippen molar-refractivity contribution >= 4 is 23.0 Å². The quantitative estimate of drug-likeness (QED) is 0.632. The van der Waals surface area contributed by atoms with Gasteiger partial charge in [0.2, 0.25) is 0 Å². The van der Waals surface area contributed by atoms with E-state index in [4.69, 9.17) is 0 Å². The lowest BCUT2D eigenvalue weighted by Gasteiger charge is -2.07. The van der Waals surface area contributed by atoms with Gasteiger partial charge in [0.05, 0.1) is 4.92 Å². The highest BCUT2D eigenvalue weighted by Crippen LogP contribution is 2.22. The van der Waals surface area contributed by atoms with Crippen LogP contribution in [0.5, 0.6) is 0 Å². The number of nitrogens with zero attached hydrogens (tertiary/aromatic N) is 1. The Morgan fingerprint density at radius 3 is 2.67 bits per heavy atom. The molecule has 1 heterocycles. The summed E-state index contributed by atoms with van der Waals surface area (Å²) in [6.45, 7) is 2.87. The molecule has 0 aliphatic rings. The minimum atomic E-state index is -1.29. The fraction of sp³-hybridized carbons (Fsp3) is 0.214. The number of hydrogen-bond donors (Lipinski definition) is 2. The third-order valence-corrected chi connectivity index (χ3v) is 3.95. The molecule has 0 aliphatic carbocycles. The summed E-state index contributed by atoms with van der Waals surface area (Å²) >= 11 is 1.65. The molecule has 0 radical (unpaired) electrons. The molecule has 0 aliphatic heterocycles. The minimum Gasteiger partial charge on any atom is -0.477 e. The highest BCUT2D eigenvalue weighted by atomic mass is 32.1. The number of rotatable bonds is 6. The van der Waals surface area contributed by atoms with Crippen LogP contribution in [-0.2, 0) is 13.1 Å². The van der Waals surface area contributed by atoms with Crippen LogP contribution in [0.3, 0.4) is 0 Å². The number of aromatic carboxylic acids is 1. The number of nitro benzene ring substituents is 1. The highest BCUT2D eigenvalue weighted by Gasteiger charge is 2.22. The Labute approximate surface area is 125 Å². The maximum Gasteiger partial charge on any atom is 0.343 e. The zero-order valence-corrected chi connectivity index (χ0v) is 12.1. The molecule has 1 aromatic carbocycles. The van der Waals surface area contributed by atoms with Crippen molar-refractivity contribution < 1.29 is 14.8 Å². The molecule has 110 valence electrons. The summed E-state index contributed by atoms with van der Waals surface area (Å²) in [5.74, 6) is -1.29. The number of carbonyl (C=O) groups is 1. The Hall–Kier alpha value is -2.25. The maximum atomic E-state index is 11.3. The monoisotopic (exact) mass is 306 g/mol. The standard InChI is InChI=1S/C14H14N2O4S/c1-9-5-6-11(21-9)8-15-7-10-3-2-4-12(16(19)20)13(10)14(17)18/h2-6,15H,7-8H2,1H3,(H,17,18). The largest absolute Gasteiger partial charge is 0.477 e. The van der Waals surface area contributed by atoms with Crippen molar-refractivity contribution in [1.29, 1.82) is 0 Å². The second-order valence-electron chi connectivity index (χ2n) is 4.49. The third-order valence-electron chi connectivity index (χ3n) is 2.95. The van der Waals surface area contributed by atoms with E-state index in [0.29, 0.717) is 12.1 Å². The van der Waals surface area contributed by atoms with Crippen LogP contribution in [0.15, 0.2) is 30.3 Å². The number of nitrogens with one attached hydrogen (secondary N) is 1. The summed E-state index contributed by atoms with van der Waals surface area (Å²) in [5, 5.41) is 23.2. The van der Waals surface area contributed by atoms with E-state index in [-0.39, 0.29) is 17.8 Å². The van der Waals surface area contributed by atoms with E-state index in [1.165, 1.54) is 17.0 Å². The van der Waals surface area contributed by atoms with Crippen LogP contribution in [0, 0.1) is 17.0 Å².